The number of carbonyl (C=O) groups excluding carboxylic acids is 2. The second-order valence-electron chi connectivity index (χ2n) is 2.50. The number of hydrogen-bond acceptors (Lipinski definition) is 4. The summed E-state index contributed by atoms with van der Waals surface area (Å²) in [5, 5.41) is 0. The van der Waals surface area contributed by atoms with Gasteiger partial charge in [0.05, 0.1) is 0 Å². The molecule has 0 bridgehead atoms. The van der Waals surface area contributed by atoms with Gasteiger partial charge in [-0.05, 0) is 23.8 Å². The molecular weight excluding hydrogens is 182 g/mol. The van der Waals surface area contributed by atoms with Crippen molar-refractivity contribution in [2.45, 2.75) is 0 Å². The molecule has 0 heterocycles. The molecule has 4 nitrogen and oxygen atoms in total. The molecule has 2 N–H and O–H groups in total. The zero-order chi connectivity index (χ0) is 10.4. The standard InChI is InChI=1S/C10H8NO3/c11-9-4-1-8(2-5-9)3-6-10(13)14-7-12/h1-6H,11H2/b6-3+. The molecular formula is C10H8NO3. The number of ether oxygens (including phenoxy) is 1. The lowest BCUT2D eigenvalue weighted by Gasteiger charge is -1.93. The Morgan fingerprint density at radius 1 is 1.36 bits per heavy atom. The van der Waals surface area contributed by atoms with Crippen molar-refractivity contribution in [1.29, 1.82) is 0 Å². The largest absolute Gasteiger partial charge is 0.425 e. The van der Waals surface area contributed by atoms with Crippen LogP contribution in [0.1, 0.15) is 5.56 Å². The summed E-state index contributed by atoms with van der Waals surface area (Å²) >= 11 is 0. The van der Waals surface area contributed by atoms with Gasteiger partial charge in [0.1, 0.15) is 0 Å². The van der Waals surface area contributed by atoms with Crippen molar-refractivity contribution in [1.82, 2.24) is 0 Å². The van der Waals surface area contributed by atoms with Gasteiger partial charge < -0.3 is 10.5 Å². The number of benzene rings is 1. The summed E-state index contributed by atoms with van der Waals surface area (Å²) in [6, 6.07) is 6.89. The summed E-state index contributed by atoms with van der Waals surface area (Å²) in [5.74, 6) is -0.753. The summed E-state index contributed by atoms with van der Waals surface area (Å²) < 4.78 is 3.93. The van der Waals surface area contributed by atoms with Gasteiger partial charge in [0.15, 0.2) is 0 Å². The van der Waals surface area contributed by atoms with E-state index in [9.17, 15) is 9.59 Å². The average Bonchev–Trinajstić information content (AvgIpc) is 2.17. The molecule has 0 aromatic heterocycles. The zero-order valence-electron chi connectivity index (χ0n) is 7.27. The number of hydrogen-bond donors (Lipinski definition) is 1. The molecule has 0 aliphatic rings. The number of nitrogens with two attached hydrogens (primary N) is 1. The predicted molar refractivity (Wildman–Crippen MR) is 51.7 cm³/mol. The van der Waals surface area contributed by atoms with Gasteiger partial charge in [-0.3, -0.25) is 0 Å². The van der Waals surface area contributed by atoms with Crippen LogP contribution >= 0.6 is 0 Å². The van der Waals surface area contributed by atoms with Gasteiger partial charge in [-0.25, -0.2) is 9.59 Å². The van der Waals surface area contributed by atoms with Gasteiger partial charge in [0, 0.05) is 11.8 Å². The van der Waals surface area contributed by atoms with Crippen LogP contribution in [-0.4, -0.2) is 12.4 Å². The molecule has 0 aliphatic carbocycles. The molecule has 0 fully saturated rings. The maximum atomic E-state index is 10.7. The number of esters is 1. The molecule has 0 spiro atoms. The van der Waals surface area contributed by atoms with Crippen molar-refractivity contribution in [2.24, 2.45) is 0 Å². The normalized spacial score (nSPS) is 10.0. The zero-order valence-corrected chi connectivity index (χ0v) is 7.27. The molecule has 0 saturated carbocycles. The van der Waals surface area contributed by atoms with Gasteiger partial charge in [-0.1, -0.05) is 12.1 Å². The Labute approximate surface area is 81.0 Å². The summed E-state index contributed by atoms with van der Waals surface area (Å²) in [4.78, 5) is 20.3. The highest BCUT2D eigenvalue weighted by molar-refractivity contribution is 5.90. The van der Waals surface area contributed by atoms with Crippen LogP contribution in [0.15, 0.2) is 30.3 Å². The maximum Gasteiger partial charge on any atom is 0.425 e. The Hall–Kier alpha value is -2.10. The van der Waals surface area contributed by atoms with Gasteiger partial charge in [-0.2, -0.15) is 0 Å². The highest BCUT2D eigenvalue weighted by Gasteiger charge is 1.94. The van der Waals surface area contributed by atoms with E-state index in [1.807, 2.05) is 0 Å². The third kappa shape index (κ3) is 3.10. The minimum atomic E-state index is -0.753. The highest BCUT2D eigenvalue weighted by atomic mass is 16.6. The Morgan fingerprint density at radius 2 is 2.00 bits per heavy atom. The molecule has 0 aliphatic heterocycles. The van der Waals surface area contributed by atoms with Gasteiger partial charge in [0.2, 0.25) is 0 Å². The number of rotatable bonds is 3. The molecule has 4 heteroatoms. The lowest BCUT2D eigenvalue weighted by atomic mass is 10.2. The average molecular weight is 190 g/mol. The van der Waals surface area contributed by atoms with E-state index in [1.165, 1.54) is 6.08 Å². The SMILES string of the molecule is Nc1ccc(/C=C/C(=O)O[C]=O)cc1. The van der Waals surface area contributed by atoms with Crippen LogP contribution in [0.2, 0.25) is 0 Å². The fourth-order valence-corrected chi connectivity index (χ4v) is 0.846. The summed E-state index contributed by atoms with van der Waals surface area (Å²) in [5.41, 5.74) is 6.90. The van der Waals surface area contributed by atoms with Crippen LogP contribution < -0.4 is 5.73 Å². The van der Waals surface area contributed by atoms with Gasteiger partial charge in [-0.15, -0.1) is 0 Å². The van der Waals surface area contributed by atoms with Gasteiger partial charge in [0.25, 0.3) is 0 Å². The van der Waals surface area contributed by atoms with Crippen molar-refractivity contribution >= 4 is 24.2 Å². The third-order valence-electron chi connectivity index (χ3n) is 1.49. The first-order valence-electron chi connectivity index (χ1n) is 3.84. The molecule has 1 radical (unpaired) electrons. The fourth-order valence-electron chi connectivity index (χ4n) is 0.846. The predicted octanol–water partition coefficient (Wildman–Crippen LogP) is 0.892. The molecule has 14 heavy (non-hydrogen) atoms. The van der Waals surface area contributed by atoms with Crippen molar-refractivity contribution in [2.75, 3.05) is 5.73 Å². The van der Waals surface area contributed by atoms with E-state index in [-0.39, 0.29) is 0 Å². The van der Waals surface area contributed by atoms with Crippen LogP contribution in [0, 0.1) is 0 Å². The van der Waals surface area contributed by atoms with E-state index in [0.717, 1.165) is 18.1 Å². The van der Waals surface area contributed by atoms with E-state index in [4.69, 9.17) is 5.73 Å². The minimum absolute atomic E-state index is 0.644. The number of anilines is 1. The van der Waals surface area contributed by atoms with Crippen LogP contribution in [0.3, 0.4) is 0 Å². The first-order chi connectivity index (χ1) is 6.72. The van der Waals surface area contributed by atoms with Crippen molar-refractivity contribution in [3.05, 3.63) is 35.9 Å². The number of carbonyl (C=O) groups is 1. The lowest BCUT2D eigenvalue weighted by Crippen LogP contribution is -1.96. The minimum Gasteiger partial charge on any atom is -0.399 e. The first kappa shape index (κ1) is 9.98. The number of nitrogen functional groups attached to an aromatic ring is 1. The van der Waals surface area contributed by atoms with Crippen LogP contribution in [0.4, 0.5) is 5.69 Å². The van der Waals surface area contributed by atoms with Crippen LogP contribution in [0.25, 0.3) is 6.08 Å². The fraction of sp³-hybridized carbons (Fsp3) is 0. The Balaban J connectivity index is 2.64. The smallest absolute Gasteiger partial charge is 0.399 e. The van der Waals surface area contributed by atoms with Crippen LogP contribution in [-0.2, 0) is 14.3 Å². The lowest BCUT2D eigenvalue weighted by molar-refractivity contribution is -0.130. The third-order valence-corrected chi connectivity index (χ3v) is 1.49. The van der Waals surface area contributed by atoms with Crippen molar-refractivity contribution in [3.8, 4) is 0 Å². The monoisotopic (exact) mass is 190 g/mol. The quantitative estimate of drug-likeness (QED) is 0.332. The van der Waals surface area contributed by atoms with Crippen molar-refractivity contribution < 1.29 is 14.3 Å². The van der Waals surface area contributed by atoms with E-state index in [1.54, 1.807) is 24.3 Å². The summed E-state index contributed by atoms with van der Waals surface area (Å²) in [6.07, 6.45) is 2.65. The topological polar surface area (TPSA) is 69.4 Å². The second-order valence-corrected chi connectivity index (χ2v) is 2.50. The second kappa shape index (κ2) is 4.81. The molecule has 1 rings (SSSR count). The van der Waals surface area contributed by atoms with E-state index >= 15 is 0 Å². The Kier molecular flexibility index (Phi) is 3.43. The molecule has 71 valence electrons. The van der Waals surface area contributed by atoms with E-state index < -0.39 is 5.97 Å². The van der Waals surface area contributed by atoms with Crippen LogP contribution in [0.5, 0.6) is 0 Å². The summed E-state index contributed by atoms with van der Waals surface area (Å²) in [7, 11) is 0. The summed E-state index contributed by atoms with van der Waals surface area (Å²) in [6.45, 7) is 1.04. The molecule has 0 atom stereocenters. The molecule has 1 aromatic carbocycles. The highest BCUT2D eigenvalue weighted by Crippen LogP contribution is 2.06. The van der Waals surface area contributed by atoms with E-state index in [0.29, 0.717) is 5.69 Å². The molecule has 1 aromatic rings. The Bertz CT molecular complexity index is 354. The molecule has 0 saturated heterocycles. The molecule has 0 amide bonds. The van der Waals surface area contributed by atoms with E-state index in [2.05, 4.69) is 4.74 Å². The Morgan fingerprint density at radius 3 is 2.57 bits per heavy atom. The van der Waals surface area contributed by atoms with Gasteiger partial charge >= 0.3 is 12.4 Å². The van der Waals surface area contributed by atoms with Crippen molar-refractivity contribution in [3.63, 3.8) is 0 Å². The maximum absolute atomic E-state index is 10.7. The molecule has 0 unspecified atom stereocenters. The first-order valence-corrected chi connectivity index (χ1v) is 3.84.